The number of hydrogen-bond acceptors (Lipinski definition) is 2. The molecule has 2 aromatic heterocycles. The van der Waals surface area contributed by atoms with E-state index >= 15 is 0 Å². The minimum absolute atomic E-state index is 0.0421. The number of hydrogen-bond donors (Lipinski definition) is 1. The zero-order chi connectivity index (χ0) is 18.8. The van der Waals surface area contributed by atoms with E-state index in [1.165, 1.54) is 16.6 Å². The highest BCUT2D eigenvalue weighted by atomic mass is 16.4. The Bertz CT molecular complexity index is 1260. The molecule has 5 heteroatoms. The molecule has 2 unspecified atom stereocenters. The largest absolute Gasteiger partial charge is 0.465 e. The van der Waals surface area contributed by atoms with E-state index in [2.05, 4.69) is 52.0 Å². The zero-order valence-corrected chi connectivity index (χ0v) is 15.2. The number of rotatable bonds is 1. The van der Waals surface area contributed by atoms with E-state index in [1.807, 2.05) is 18.3 Å². The van der Waals surface area contributed by atoms with Gasteiger partial charge in [0.15, 0.2) is 0 Å². The Hall–Kier alpha value is -3.34. The number of aromatic nitrogens is 2. The summed E-state index contributed by atoms with van der Waals surface area (Å²) in [6.45, 7) is 0. The Morgan fingerprint density at radius 1 is 1.07 bits per heavy atom. The summed E-state index contributed by atoms with van der Waals surface area (Å²) in [4.78, 5) is 18.0. The van der Waals surface area contributed by atoms with Crippen LogP contribution in [0.2, 0.25) is 0 Å². The molecule has 1 amide bonds. The summed E-state index contributed by atoms with van der Waals surface area (Å²) >= 11 is 0. The van der Waals surface area contributed by atoms with Crippen molar-refractivity contribution in [3.63, 3.8) is 0 Å². The van der Waals surface area contributed by atoms with Crippen LogP contribution < -0.4 is 0 Å². The van der Waals surface area contributed by atoms with Crippen molar-refractivity contribution in [3.8, 4) is 5.69 Å². The first-order valence-electron chi connectivity index (χ1n) is 9.71. The second kappa shape index (κ2) is 5.58. The molecule has 138 valence electrons. The third-order valence-electron chi connectivity index (χ3n) is 6.35. The molecule has 2 atom stereocenters. The average molecular weight is 369 g/mol. The van der Waals surface area contributed by atoms with Gasteiger partial charge in [-0.25, -0.2) is 4.79 Å². The highest BCUT2D eigenvalue weighted by Gasteiger charge is 2.45. The first-order chi connectivity index (χ1) is 13.7. The van der Waals surface area contributed by atoms with Gasteiger partial charge in [0.25, 0.3) is 0 Å². The third kappa shape index (κ3) is 2.01. The van der Waals surface area contributed by atoms with E-state index in [4.69, 9.17) is 0 Å². The van der Waals surface area contributed by atoms with Crippen LogP contribution in [0.25, 0.3) is 27.5 Å². The van der Waals surface area contributed by atoms with Gasteiger partial charge < -0.3 is 9.67 Å². The van der Waals surface area contributed by atoms with E-state index in [1.54, 1.807) is 4.90 Å². The van der Waals surface area contributed by atoms with Crippen LogP contribution in [0.3, 0.4) is 0 Å². The molecule has 0 aliphatic carbocycles. The fraction of sp³-hybridized carbons (Fsp3) is 0.217. The quantitative estimate of drug-likeness (QED) is 0.518. The van der Waals surface area contributed by atoms with Crippen molar-refractivity contribution in [1.29, 1.82) is 0 Å². The number of carbonyl (C=O) groups is 1. The van der Waals surface area contributed by atoms with Crippen LogP contribution in [0.1, 0.15) is 30.1 Å². The maximum Gasteiger partial charge on any atom is 0.408 e. The summed E-state index contributed by atoms with van der Waals surface area (Å²) in [5.74, 6) is 0. The smallest absolute Gasteiger partial charge is 0.408 e. The fourth-order valence-electron chi connectivity index (χ4n) is 5.27. The summed E-state index contributed by atoms with van der Waals surface area (Å²) in [5, 5.41) is 12.0. The van der Waals surface area contributed by atoms with E-state index in [9.17, 15) is 9.90 Å². The van der Waals surface area contributed by atoms with Gasteiger partial charge in [0.2, 0.25) is 0 Å². The first kappa shape index (κ1) is 15.7. The van der Waals surface area contributed by atoms with Gasteiger partial charge in [-0.3, -0.25) is 9.88 Å². The average Bonchev–Trinajstić information content (AvgIpc) is 3.22. The van der Waals surface area contributed by atoms with Crippen molar-refractivity contribution < 1.29 is 9.90 Å². The van der Waals surface area contributed by atoms with Crippen LogP contribution in [0.15, 0.2) is 60.8 Å². The number of carboxylic acid groups (broad SMARTS) is 1. The van der Waals surface area contributed by atoms with Gasteiger partial charge >= 0.3 is 6.09 Å². The van der Waals surface area contributed by atoms with Gasteiger partial charge in [0, 0.05) is 46.4 Å². The lowest BCUT2D eigenvalue weighted by Gasteiger charge is -2.33. The fourth-order valence-corrected chi connectivity index (χ4v) is 5.27. The number of nitrogens with zero attached hydrogens (tertiary/aromatic N) is 3. The van der Waals surface area contributed by atoms with Crippen molar-refractivity contribution in [1.82, 2.24) is 14.5 Å². The van der Waals surface area contributed by atoms with Gasteiger partial charge in [-0.15, -0.1) is 0 Å². The highest BCUT2D eigenvalue weighted by Crippen LogP contribution is 2.48. The maximum absolute atomic E-state index is 11.9. The van der Waals surface area contributed by atoms with Crippen LogP contribution in [0, 0.1) is 0 Å². The SMILES string of the molecule is O=C(O)N1C2CCC1c1c(n(-c3ccc4ncccc4c3)c3ccccc13)C2. The molecule has 5 nitrogen and oxygen atoms in total. The van der Waals surface area contributed by atoms with Gasteiger partial charge in [0.05, 0.1) is 17.1 Å². The van der Waals surface area contributed by atoms with Gasteiger partial charge in [0.1, 0.15) is 0 Å². The molecule has 2 bridgehead atoms. The Morgan fingerprint density at radius 3 is 2.86 bits per heavy atom. The second-order valence-corrected chi connectivity index (χ2v) is 7.73. The number of pyridine rings is 1. The highest BCUT2D eigenvalue weighted by molar-refractivity contribution is 5.90. The van der Waals surface area contributed by atoms with Crippen molar-refractivity contribution in [2.75, 3.05) is 0 Å². The minimum atomic E-state index is -0.799. The monoisotopic (exact) mass is 369 g/mol. The standard InChI is InChI=1S/C23H19N3O2/c27-23(28)26-16-8-10-20(26)22-17-5-1-2-6-19(17)25(21(22)13-16)15-7-9-18-14(12-15)4-3-11-24-18/h1-7,9,11-12,16,20H,8,10,13H2,(H,27,28). The molecule has 2 aromatic carbocycles. The van der Waals surface area contributed by atoms with Crippen molar-refractivity contribution in [2.45, 2.75) is 31.3 Å². The van der Waals surface area contributed by atoms with E-state index in [-0.39, 0.29) is 12.1 Å². The lowest BCUT2D eigenvalue weighted by Crippen LogP contribution is -2.41. The summed E-state index contributed by atoms with van der Waals surface area (Å²) in [7, 11) is 0. The van der Waals surface area contributed by atoms with Crippen LogP contribution in [-0.4, -0.2) is 31.7 Å². The predicted octanol–water partition coefficient (Wildman–Crippen LogP) is 4.92. The number of fused-ring (bicyclic) bond motifs is 7. The lowest BCUT2D eigenvalue weighted by molar-refractivity contribution is 0.116. The van der Waals surface area contributed by atoms with Gasteiger partial charge in [-0.2, -0.15) is 0 Å². The molecule has 4 heterocycles. The molecule has 2 aliphatic heterocycles. The van der Waals surface area contributed by atoms with Crippen LogP contribution in [0.4, 0.5) is 4.79 Å². The Labute approximate surface area is 161 Å². The number of benzene rings is 2. The van der Waals surface area contributed by atoms with Crippen molar-refractivity contribution in [2.24, 2.45) is 0 Å². The maximum atomic E-state index is 11.9. The lowest BCUT2D eigenvalue weighted by atomic mass is 9.97. The van der Waals surface area contributed by atoms with E-state index in [0.717, 1.165) is 41.4 Å². The molecule has 0 spiro atoms. The number of para-hydroxylation sites is 1. The van der Waals surface area contributed by atoms with E-state index < -0.39 is 6.09 Å². The predicted molar refractivity (Wildman–Crippen MR) is 108 cm³/mol. The molecule has 4 aromatic rings. The summed E-state index contributed by atoms with van der Waals surface area (Å²) < 4.78 is 2.33. The summed E-state index contributed by atoms with van der Waals surface area (Å²) in [5.41, 5.74) is 5.69. The van der Waals surface area contributed by atoms with Crippen molar-refractivity contribution >= 4 is 27.9 Å². The molecular formula is C23H19N3O2. The molecule has 2 aliphatic rings. The topological polar surface area (TPSA) is 58.4 Å². The second-order valence-electron chi connectivity index (χ2n) is 7.73. The van der Waals surface area contributed by atoms with E-state index in [0.29, 0.717) is 0 Å². The normalized spacial score (nSPS) is 20.6. The molecule has 0 radical (unpaired) electrons. The summed E-state index contributed by atoms with van der Waals surface area (Å²) in [6, 6.07) is 18.8. The van der Waals surface area contributed by atoms with Gasteiger partial charge in [-0.05, 0) is 43.2 Å². The Morgan fingerprint density at radius 2 is 1.96 bits per heavy atom. The zero-order valence-electron chi connectivity index (χ0n) is 15.2. The molecule has 28 heavy (non-hydrogen) atoms. The van der Waals surface area contributed by atoms with Crippen LogP contribution >= 0.6 is 0 Å². The molecule has 0 saturated carbocycles. The molecule has 1 saturated heterocycles. The first-order valence-corrected chi connectivity index (χ1v) is 9.71. The number of amides is 1. The molecular weight excluding hydrogens is 350 g/mol. The Kier molecular flexibility index (Phi) is 3.13. The van der Waals surface area contributed by atoms with Crippen molar-refractivity contribution in [3.05, 3.63) is 72.1 Å². The van der Waals surface area contributed by atoms with Crippen LogP contribution in [0.5, 0.6) is 0 Å². The van der Waals surface area contributed by atoms with Crippen LogP contribution in [-0.2, 0) is 6.42 Å². The Balaban J connectivity index is 1.65. The minimum Gasteiger partial charge on any atom is -0.465 e. The molecule has 1 fully saturated rings. The molecule has 1 N–H and O–H groups in total. The summed E-state index contributed by atoms with van der Waals surface area (Å²) in [6.07, 6.45) is 3.61. The molecule has 6 rings (SSSR count). The van der Waals surface area contributed by atoms with Gasteiger partial charge in [-0.1, -0.05) is 24.3 Å². The third-order valence-corrected chi connectivity index (χ3v) is 6.35.